The Morgan fingerprint density at radius 3 is 2.31 bits per heavy atom. The maximum atomic E-state index is 13.0. The average Bonchev–Trinajstić information content (AvgIpc) is 2.69. The van der Waals surface area contributed by atoms with Crippen LogP contribution in [0, 0.1) is 0 Å². The lowest BCUT2D eigenvalue weighted by Crippen LogP contribution is -2.52. The second-order valence-corrected chi connectivity index (χ2v) is 8.80. The van der Waals surface area contributed by atoms with Crippen molar-refractivity contribution in [2.75, 3.05) is 53.0 Å². The van der Waals surface area contributed by atoms with Gasteiger partial charge in [-0.3, -0.25) is 4.79 Å². The summed E-state index contributed by atoms with van der Waals surface area (Å²) in [5.74, 6) is -0.168. The summed E-state index contributed by atoms with van der Waals surface area (Å²) >= 11 is 5.96. The molecule has 0 spiro atoms. The summed E-state index contributed by atoms with van der Waals surface area (Å²) in [6, 6.07) is 4.34. The van der Waals surface area contributed by atoms with Crippen molar-refractivity contribution in [3.63, 3.8) is 0 Å². The molecule has 0 radical (unpaired) electrons. The minimum Gasteiger partial charge on any atom is -0.492 e. The standard InChI is InChI=1S/C18H26ClN3O6S/c1-4-27-15-7-6-14(19)12-16(15)29(25,26)20(3)13-17(23)21-8-10-22(11-9-21)18(24)28-5-2/h6-7,12H,4-5,8-11,13H2,1-3H3. The van der Waals surface area contributed by atoms with Crippen LogP contribution in [0.15, 0.2) is 23.1 Å². The third kappa shape index (κ3) is 5.74. The van der Waals surface area contributed by atoms with Crippen LogP contribution < -0.4 is 4.74 Å². The molecule has 2 rings (SSSR count). The highest BCUT2D eigenvalue weighted by molar-refractivity contribution is 7.89. The van der Waals surface area contributed by atoms with Gasteiger partial charge in [0.25, 0.3) is 0 Å². The lowest BCUT2D eigenvalue weighted by Gasteiger charge is -2.34. The quantitative estimate of drug-likeness (QED) is 0.630. The average molecular weight is 448 g/mol. The molecule has 0 N–H and O–H groups in total. The minimum absolute atomic E-state index is 0.0886. The van der Waals surface area contributed by atoms with E-state index in [9.17, 15) is 18.0 Å². The number of nitrogens with zero attached hydrogens (tertiary/aromatic N) is 3. The Kier molecular flexibility index (Phi) is 8.12. The van der Waals surface area contributed by atoms with Gasteiger partial charge < -0.3 is 19.3 Å². The van der Waals surface area contributed by atoms with Crippen molar-refractivity contribution in [2.24, 2.45) is 0 Å². The molecular formula is C18H26ClN3O6S. The first kappa shape index (κ1) is 23.2. The predicted molar refractivity (Wildman–Crippen MR) is 108 cm³/mol. The first-order chi connectivity index (χ1) is 13.7. The van der Waals surface area contributed by atoms with Gasteiger partial charge in [0, 0.05) is 38.2 Å². The number of carbonyl (C=O) groups excluding carboxylic acids is 2. The molecule has 1 aliphatic heterocycles. The summed E-state index contributed by atoms with van der Waals surface area (Å²) in [4.78, 5) is 27.3. The van der Waals surface area contributed by atoms with E-state index >= 15 is 0 Å². The van der Waals surface area contributed by atoms with E-state index in [-0.39, 0.29) is 41.3 Å². The van der Waals surface area contributed by atoms with Crippen molar-refractivity contribution in [2.45, 2.75) is 18.7 Å². The molecule has 0 bridgehead atoms. The molecule has 1 saturated heterocycles. The van der Waals surface area contributed by atoms with E-state index in [4.69, 9.17) is 21.1 Å². The fraction of sp³-hybridized carbons (Fsp3) is 0.556. The normalized spacial score (nSPS) is 14.8. The number of benzene rings is 1. The minimum atomic E-state index is -3.99. The summed E-state index contributed by atoms with van der Waals surface area (Å²) in [5.41, 5.74) is 0. The molecule has 0 aromatic heterocycles. The largest absolute Gasteiger partial charge is 0.492 e. The van der Waals surface area contributed by atoms with Crippen molar-refractivity contribution in [1.82, 2.24) is 14.1 Å². The lowest BCUT2D eigenvalue weighted by atomic mass is 10.3. The lowest BCUT2D eigenvalue weighted by molar-refractivity contribution is -0.132. The van der Waals surface area contributed by atoms with E-state index in [2.05, 4.69) is 0 Å². The van der Waals surface area contributed by atoms with Crippen molar-refractivity contribution in [3.05, 3.63) is 23.2 Å². The molecule has 0 saturated carbocycles. The number of rotatable bonds is 7. The Morgan fingerprint density at radius 1 is 1.10 bits per heavy atom. The second kappa shape index (κ2) is 10.1. The molecule has 162 valence electrons. The van der Waals surface area contributed by atoms with Crippen LogP contribution in [0.2, 0.25) is 5.02 Å². The summed E-state index contributed by atoms with van der Waals surface area (Å²) in [5, 5.41) is 0.252. The number of piperazine rings is 1. The van der Waals surface area contributed by atoms with Gasteiger partial charge in [0.15, 0.2) is 0 Å². The predicted octanol–water partition coefficient (Wildman–Crippen LogP) is 1.66. The molecule has 29 heavy (non-hydrogen) atoms. The Balaban J connectivity index is 2.04. The molecule has 1 aromatic carbocycles. The third-order valence-corrected chi connectivity index (χ3v) is 6.47. The van der Waals surface area contributed by atoms with E-state index in [0.717, 1.165) is 4.31 Å². The van der Waals surface area contributed by atoms with Crippen molar-refractivity contribution in [3.8, 4) is 5.75 Å². The Bertz CT molecular complexity index is 840. The van der Waals surface area contributed by atoms with E-state index in [0.29, 0.717) is 26.2 Å². The molecule has 11 heteroatoms. The van der Waals surface area contributed by atoms with Gasteiger partial charge in [0.05, 0.1) is 19.8 Å². The van der Waals surface area contributed by atoms with E-state index in [1.54, 1.807) is 19.9 Å². The van der Waals surface area contributed by atoms with Gasteiger partial charge in [0.1, 0.15) is 10.6 Å². The number of likely N-dealkylation sites (N-methyl/N-ethyl adjacent to an activating group) is 1. The number of halogens is 1. The summed E-state index contributed by atoms with van der Waals surface area (Å²) in [6.45, 7) is 5.01. The molecule has 0 unspecified atom stereocenters. The van der Waals surface area contributed by atoms with Gasteiger partial charge in [-0.15, -0.1) is 0 Å². The van der Waals surface area contributed by atoms with Crippen molar-refractivity contribution in [1.29, 1.82) is 0 Å². The van der Waals surface area contributed by atoms with Gasteiger partial charge >= 0.3 is 6.09 Å². The zero-order chi connectivity index (χ0) is 21.6. The molecule has 9 nitrogen and oxygen atoms in total. The molecule has 1 aromatic rings. The summed E-state index contributed by atoms with van der Waals surface area (Å²) < 4.78 is 37.2. The van der Waals surface area contributed by atoms with Crippen LogP contribution in [0.3, 0.4) is 0 Å². The Morgan fingerprint density at radius 2 is 1.72 bits per heavy atom. The van der Waals surface area contributed by atoms with Crippen LogP contribution in [-0.4, -0.2) is 87.5 Å². The SMILES string of the molecule is CCOC(=O)N1CCN(C(=O)CN(C)S(=O)(=O)c2cc(Cl)ccc2OCC)CC1. The molecule has 0 atom stereocenters. The first-order valence-corrected chi connectivity index (χ1v) is 11.1. The Labute approximate surface area is 176 Å². The highest BCUT2D eigenvalue weighted by atomic mass is 35.5. The van der Waals surface area contributed by atoms with Crippen LogP contribution in [0.25, 0.3) is 0 Å². The maximum Gasteiger partial charge on any atom is 0.409 e. The van der Waals surface area contributed by atoms with Gasteiger partial charge in [-0.05, 0) is 32.0 Å². The number of hydrogen-bond donors (Lipinski definition) is 0. The highest BCUT2D eigenvalue weighted by Crippen LogP contribution is 2.29. The number of sulfonamides is 1. The van der Waals surface area contributed by atoms with Crippen LogP contribution >= 0.6 is 11.6 Å². The molecule has 1 aliphatic rings. The summed E-state index contributed by atoms with van der Waals surface area (Å²) in [6.07, 6.45) is -0.413. The van der Waals surface area contributed by atoms with Gasteiger partial charge in [-0.2, -0.15) is 4.31 Å². The molecular weight excluding hydrogens is 422 g/mol. The van der Waals surface area contributed by atoms with Gasteiger partial charge in [0.2, 0.25) is 15.9 Å². The van der Waals surface area contributed by atoms with E-state index < -0.39 is 16.1 Å². The first-order valence-electron chi connectivity index (χ1n) is 9.28. The third-order valence-electron chi connectivity index (χ3n) is 4.41. The monoisotopic (exact) mass is 447 g/mol. The van der Waals surface area contributed by atoms with Crippen LogP contribution in [-0.2, 0) is 19.6 Å². The number of carbonyl (C=O) groups is 2. The second-order valence-electron chi connectivity index (χ2n) is 6.35. The van der Waals surface area contributed by atoms with Gasteiger partial charge in [-0.1, -0.05) is 11.6 Å². The Hall–Kier alpha value is -2.04. The number of amides is 2. The molecule has 1 heterocycles. The van der Waals surface area contributed by atoms with Crippen LogP contribution in [0.4, 0.5) is 4.79 Å². The molecule has 2 amide bonds. The van der Waals surface area contributed by atoms with Gasteiger partial charge in [-0.25, -0.2) is 13.2 Å². The van der Waals surface area contributed by atoms with E-state index in [1.165, 1.54) is 29.0 Å². The zero-order valence-electron chi connectivity index (χ0n) is 16.8. The fourth-order valence-corrected chi connectivity index (χ4v) is 4.36. The van der Waals surface area contributed by atoms with Crippen molar-refractivity contribution < 1.29 is 27.5 Å². The summed E-state index contributed by atoms with van der Waals surface area (Å²) in [7, 11) is -2.66. The zero-order valence-corrected chi connectivity index (χ0v) is 18.3. The topological polar surface area (TPSA) is 96.5 Å². The number of hydrogen-bond acceptors (Lipinski definition) is 6. The smallest absolute Gasteiger partial charge is 0.409 e. The van der Waals surface area contributed by atoms with Crippen LogP contribution in [0.1, 0.15) is 13.8 Å². The highest BCUT2D eigenvalue weighted by Gasteiger charge is 2.30. The maximum absolute atomic E-state index is 13.0. The molecule has 1 fully saturated rings. The van der Waals surface area contributed by atoms with Crippen molar-refractivity contribution >= 4 is 33.6 Å². The fourth-order valence-electron chi connectivity index (χ4n) is 2.85. The van der Waals surface area contributed by atoms with Crippen LogP contribution in [0.5, 0.6) is 5.75 Å². The number of ether oxygens (including phenoxy) is 2. The van der Waals surface area contributed by atoms with E-state index in [1.807, 2.05) is 0 Å². The molecule has 0 aliphatic carbocycles.